The zero-order valence-corrected chi connectivity index (χ0v) is 15.6. The Kier molecular flexibility index (Phi) is 4.12. The highest BCUT2D eigenvalue weighted by Crippen LogP contribution is 2.41. The van der Waals surface area contributed by atoms with Crippen LogP contribution in [0.4, 0.5) is 4.79 Å². The van der Waals surface area contributed by atoms with Crippen LogP contribution in [0.25, 0.3) is 5.65 Å². The lowest BCUT2D eigenvalue weighted by Crippen LogP contribution is -2.33. The van der Waals surface area contributed by atoms with Gasteiger partial charge in [-0.05, 0) is 67.1 Å². The fourth-order valence-corrected chi connectivity index (χ4v) is 3.05. The molecule has 0 spiro atoms. The molecule has 1 fully saturated rings. The van der Waals surface area contributed by atoms with Crippen molar-refractivity contribution < 1.29 is 9.53 Å². The number of imidazole rings is 1. The molecule has 124 valence electrons. The van der Waals surface area contributed by atoms with Gasteiger partial charge in [0.05, 0.1) is 16.7 Å². The van der Waals surface area contributed by atoms with Crippen molar-refractivity contribution in [3.05, 3.63) is 34.2 Å². The van der Waals surface area contributed by atoms with Crippen molar-refractivity contribution in [2.75, 3.05) is 7.05 Å². The summed E-state index contributed by atoms with van der Waals surface area (Å²) in [6, 6.07) is 2.15. The SMILES string of the molecule is CN(Cc1cn2cc(C3CC3)cc(Br)c2n1)C(=O)OC(C)(C)C. The summed E-state index contributed by atoms with van der Waals surface area (Å²) in [6.07, 6.45) is 6.31. The molecule has 1 saturated carbocycles. The van der Waals surface area contributed by atoms with E-state index < -0.39 is 5.60 Å². The molecule has 2 heterocycles. The first kappa shape index (κ1) is 16.3. The second kappa shape index (κ2) is 5.82. The molecule has 3 rings (SSSR count). The molecule has 1 aliphatic carbocycles. The minimum atomic E-state index is -0.494. The van der Waals surface area contributed by atoms with Crippen molar-refractivity contribution in [2.24, 2.45) is 0 Å². The molecule has 2 aromatic rings. The van der Waals surface area contributed by atoms with Crippen molar-refractivity contribution in [1.82, 2.24) is 14.3 Å². The van der Waals surface area contributed by atoms with Crippen molar-refractivity contribution >= 4 is 27.7 Å². The van der Waals surface area contributed by atoms with Gasteiger partial charge >= 0.3 is 6.09 Å². The van der Waals surface area contributed by atoms with Crippen molar-refractivity contribution in [3.8, 4) is 0 Å². The molecule has 1 aliphatic rings. The van der Waals surface area contributed by atoms with E-state index in [4.69, 9.17) is 4.74 Å². The maximum absolute atomic E-state index is 12.1. The van der Waals surface area contributed by atoms with E-state index in [0.717, 1.165) is 15.8 Å². The number of carbonyl (C=O) groups excluding carboxylic acids is 1. The van der Waals surface area contributed by atoms with Crippen LogP contribution in [0.1, 0.15) is 50.8 Å². The molecule has 0 atom stereocenters. The van der Waals surface area contributed by atoms with Crippen LogP contribution in [0.15, 0.2) is 22.9 Å². The molecule has 2 aromatic heterocycles. The highest BCUT2D eigenvalue weighted by atomic mass is 79.9. The van der Waals surface area contributed by atoms with Crippen LogP contribution < -0.4 is 0 Å². The number of carbonyl (C=O) groups is 1. The number of pyridine rings is 1. The Balaban J connectivity index is 1.78. The van der Waals surface area contributed by atoms with Gasteiger partial charge in [0.1, 0.15) is 5.60 Å². The standard InChI is InChI=1S/C17H22BrN3O2/c1-17(2,3)23-16(22)20(4)9-13-10-21-8-12(11-5-6-11)7-14(18)15(21)19-13/h7-8,10-11H,5-6,9H2,1-4H3. The lowest BCUT2D eigenvalue weighted by molar-refractivity contribution is 0.0283. The predicted molar refractivity (Wildman–Crippen MR) is 92.6 cm³/mol. The van der Waals surface area contributed by atoms with E-state index >= 15 is 0 Å². The van der Waals surface area contributed by atoms with Crippen molar-refractivity contribution in [2.45, 2.75) is 51.7 Å². The Labute approximate surface area is 144 Å². The van der Waals surface area contributed by atoms with E-state index in [0.29, 0.717) is 12.5 Å². The van der Waals surface area contributed by atoms with E-state index in [2.05, 4.69) is 33.2 Å². The zero-order valence-electron chi connectivity index (χ0n) is 14.0. The van der Waals surface area contributed by atoms with Crippen LogP contribution in [-0.4, -0.2) is 33.0 Å². The summed E-state index contributed by atoms with van der Waals surface area (Å²) < 4.78 is 8.40. The van der Waals surface area contributed by atoms with Gasteiger partial charge in [-0.1, -0.05) is 0 Å². The Hall–Kier alpha value is -1.56. The highest BCUT2D eigenvalue weighted by molar-refractivity contribution is 9.10. The molecule has 6 heteroatoms. The monoisotopic (exact) mass is 379 g/mol. The average Bonchev–Trinajstić information content (AvgIpc) is 3.18. The number of hydrogen-bond donors (Lipinski definition) is 0. The van der Waals surface area contributed by atoms with Crippen LogP contribution in [-0.2, 0) is 11.3 Å². The van der Waals surface area contributed by atoms with E-state index in [1.54, 1.807) is 11.9 Å². The van der Waals surface area contributed by atoms with Gasteiger partial charge in [-0.2, -0.15) is 0 Å². The Morgan fingerprint density at radius 1 is 1.43 bits per heavy atom. The van der Waals surface area contributed by atoms with Crippen LogP contribution >= 0.6 is 15.9 Å². The van der Waals surface area contributed by atoms with Gasteiger partial charge in [0, 0.05) is 19.4 Å². The van der Waals surface area contributed by atoms with Gasteiger partial charge in [-0.3, -0.25) is 0 Å². The fraction of sp³-hybridized carbons (Fsp3) is 0.529. The van der Waals surface area contributed by atoms with E-state index in [9.17, 15) is 4.79 Å². The van der Waals surface area contributed by atoms with Gasteiger partial charge in [-0.25, -0.2) is 9.78 Å². The molecule has 5 nitrogen and oxygen atoms in total. The minimum Gasteiger partial charge on any atom is -0.444 e. The van der Waals surface area contributed by atoms with E-state index in [1.165, 1.54) is 18.4 Å². The molecule has 23 heavy (non-hydrogen) atoms. The summed E-state index contributed by atoms with van der Waals surface area (Å²) in [6.45, 7) is 6.00. The number of aromatic nitrogens is 2. The van der Waals surface area contributed by atoms with Gasteiger partial charge in [-0.15, -0.1) is 0 Å². The quantitative estimate of drug-likeness (QED) is 0.796. The molecule has 0 saturated heterocycles. The lowest BCUT2D eigenvalue weighted by atomic mass is 10.2. The van der Waals surface area contributed by atoms with Crippen LogP contribution in [0.5, 0.6) is 0 Å². The lowest BCUT2D eigenvalue weighted by Gasteiger charge is -2.24. The van der Waals surface area contributed by atoms with Gasteiger partial charge in [0.2, 0.25) is 0 Å². The number of halogens is 1. The molecule has 0 aromatic carbocycles. The highest BCUT2D eigenvalue weighted by Gasteiger charge is 2.25. The number of nitrogens with zero attached hydrogens (tertiary/aromatic N) is 3. The molecule has 1 amide bonds. The van der Waals surface area contributed by atoms with E-state index in [1.807, 2.05) is 31.4 Å². The number of rotatable bonds is 3. The molecule has 0 bridgehead atoms. The first-order valence-corrected chi connectivity index (χ1v) is 8.63. The summed E-state index contributed by atoms with van der Waals surface area (Å²) >= 11 is 3.60. The number of hydrogen-bond acceptors (Lipinski definition) is 3. The van der Waals surface area contributed by atoms with Crippen molar-refractivity contribution in [3.63, 3.8) is 0 Å². The molecular weight excluding hydrogens is 358 g/mol. The molecule has 0 N–H and O–H groups in total. The first-order chi connectivity index (χ1) is 10.7. The number of ether oxygens (including phenoxy) is 1. The van der Waals surface area contributed by atoms with Gasteiger partial charge in [0.25, 0.3) is 0 Å². The minimum absolute atomic E-state index is 0.340. The van der Waals surface area contributed by atoms with Gasteiger partial charge in [0.15, 0.2) is 5.65 Å². The largest absolute Gasteiger partial charge is 0.444 e. The number of amides is 1. The van der Waals surface area contributed by atoms with E-state index in [-0.39, 0.29) is 6.09 Å². The summed E-state index contributed by atoms with van der Waals surface area (Å²) in [7, 11) is 1.72. The normalized spacial score (nSPS) is 15.0. The van der Waals surface area contributed by atoms with Crippen LogP contribution in [0.3, 0.4) is 0 Å². The average molecular weight is 380 g/mol. The molecular formula is C17H22BrN3O2. The third-order valence-electron chi connectivity index (χ3n) is 3.73. The van der Waals surface area contributed by atoms with Crippen molar-refractivity contribution in [1.29, 1.82) is 0 Å². The summed E-state index contributed by atoms with van der Waals surface area (Å²) in [4.78, 5) is 18.2. The third-order valence-corrected chi connectivity index (χ3v) is 4.31. The zero-order chi connectivity index (χ0) is 16.8. The Bertz CT molecular complexity index is 744. The van der Waals surface area contributed by atoms with Gasteiger partial charge < -0.3 is 14.0 Å². The molecule has 0 aliphatic heterocycles. The third kappa shape index (κ3) is 3.86. The Morgan fingerprint density at radius 3 is 2.74 bits per heavy atom. The fourth-order valence-electron chi connectivity index (χ4n) is 2.49. The topological polar surface area (TPSA) is 46.8 Å². The number of fused-ring (bicyclic) bond motifs is 1. The maximum Gasteiger partial charge on any atom is 0.410 e. The summed E-state index contributed by atoms with van der Waals surface area (Å²) in [5.74, 6) is 0.686. The predicted octanol–water partition coefficient (Wildman–Crippen LogP) is 4.34. The smallest absolute Gasteiger partial charge is 0.410 e. The maximum atomic E-state index is 12.1. The summed E-state index contributed by atoms with van der Waals surface area (Å²) in [5, 5.41) is 0. The van der Waals surface area contributed by atoms with Crippen LogP contribution in [0.2, 0.25) is 0 Å². The summed E-state index contributed by atoms with van der Waals surface area (Å²) in [5.41, 5.74) is 2.56. The van der Waals surface area contributed by atoms with Crippen LogP contribution in [0, 0.1) is 0 Å². The second-order valence-electron chi connectivity index (χ2n) is 7.20. The molecule has 0 unspecified atom stereocenters. The first-order valence-electron chi connectivity index (χ1n) is 7.84. The second-order valence-corrected chi connectivity index (χ2v) is 8.05. The molecule has 0 radical (unpaired) electrons. The Morgan fingerprint density at radius 2 is 2.13 bits per heavy atom.